The maximum Gasteiger partial charge on any atom is 0.307 e. The van der Waals surface area contributed by atoms with E-state index < -0.39 is 5.91 Å². The summed E-state index contributed by atoms with van der Waals surface area (Å²) in [6.45, 7) is 1.84. The van der Waals surface area contributed by atoms with Crippen LogP contribution >= 0.6 is 27.5 Å². The van der Waals surface area contributed by atoms with Gasteiger partial charge in [0.1, 0.15) is 11.3 Å². The molecule has 0 saturated carbocycles. The van der Waals surface area contributed by atoms with Gasteiger partial charge in [-0.15, -0.1) is 0 Å². The highest BCUT2D eigenvalue weighted by molar-refractivity contribution is 9.10. The number of nitrogens with zero attached hydrogens (tertiary/aromatic N) is 1. The lowest BCUT2D eigenvalue weighted by Crippen LogP contribution is -2.20. The molecule has 0 unspecified atom stereocenters. The van der Waals surface area contributed by atoms with Crippen LogP contribution in [0.25, 0.3) is 11.0 Å². The number of hydrogen-bond donors (Lipinski definition) is 2. The van der Waals surface area contributed by atoms with Crippen LogP contribution in [0.2, 0.25) is 5.02 Å². The Morgan fingerprint density at radius 2 is 1.88 bits per heavy atom. The van der Waals surface area contributed by atoms with Gasteiger partial charge in [-0.2, -0.15) is 5.10 Å². The summed E-state index contributed by atoms with van der Waals surface area (Å²) in [7, 11) is 0. The van der Waals surface area contributed by atoms with Crippen molar-refractivity contribution in [1.82, 2.24) is 5.43 Å². The molecule has 0 fully saturated rings. The quantitative estimate of drug-likeness (QED) is 0.224. The van der Waals surface area contributed by atoms with Crippen LogP contribution < -0.4 is 15.5 Å². The van der Waals surface area contributed by atoms with E-state index >= 15 is 0 Å². The lowest BCUT2D eigenvalue weighted by atomic mass is 10.2. The summed E-state index contributed by atoms with van der Waals surface area (Å²) in [6.07, 6.45) is 1.48. The van der Waals surface area contributed by atoms with E-state index in [1.54, 1.807) is 42.5 Å². The van der Waals surface area contributed by atoms with E-state index in [-0.39, 0.29) is 18.3 Å². The van der Waals surface area contributed by atoms with E-state index in [0.29, 0.717) is 32.1 Å². The molecule has 0 aliphatic heterocycles. The number of benzene rings is 3. The van der Waals surface area contributed by atoms with Gasteiger partial charge in [-0.1, -0.05) is 29.3 Å². The van der Waals surface area contributed by atoms with Crippen molar-refractivity contribution in [3.63, 3.8) is 0 Å². The van der Waals surface area contributed by atoms with Crippen LogP contribution in [0.4, 0.5) is 5.69 Å². The van der Waals surface area contributed by atoms with E-state index in [0.717, 1.165) is 10.9 Å². The number of fused-ring (bicyclic) bond motifs is 1. The summed E-state index contributed by atoms with van der Waals surface area (Å²) < 4.78 is 11.7. The second-order valence-electron chi connectivity index (χ2n) is 7.38. The number of furan rings is 1. The van der Waals surface area contributed by atoms with Gasteiger partial charge < -0.3 is 14.5 Å². The third-order valence-electron chi connectivity index (χ3n) is 4.73. The van der Waals surface area contributed by atoms with Crippen molar-refractivity contribution in [2.75, 3.05) is 11.9 Å². The molecule has 0 saturated heterocycles. The van der Waals surface area contributed by atoms with E-state index in [2.05, 4.69) is 31.8 Å². The Morgan fingerprint density at radius 3 is 2.65 bits per heavy atom. The van der Waals surface area contributed by atoms with E-state index in [4.69, 9.17) is 20.8 Å². The fourth-order valence-electron chi connectivity index (χ4n) is 3.04. The number of aryl methyl sites for hydroxylation is 1. The van der Waals surface area contributed by atoms with Crippen molar-refractivity contribution < 1.29 is 18.7 Å². The Balaban J connectivity index is 1.30. The number of hydrazone groups is 1. The predicted molar refractivity (Wildman–Crippen MR) is 136 cm³/mol. The van der Waals surface area contributed by atoms with E-state index in [1.807, 2.05) is 31.2 Å². The molecular weight excluding hydrogens is 522 g/mol. The summed E-state index contributed by atoms with van der Waals surface area (Å²) >= 11 is 9.38. The zero-order valence-electron chi connectivity index (χ0n) is 18.0. The second-order valence-corrected chi connectivity index (χ2v) is 8.68. The van der Waals surface area contributed by atoms with Crippen LogP contribution in [0.15, 0.2) is 80.7 Å². The summed E-state index contributed by atoms with van der Waals surface area (Å²) in [5.74, 6) is -0.122. The molecule has 1 aromatic heterocycles. The van der Waals surface area contributed by atoms with Gasteiger partial charge in [0.15, 0.2) is 12.4 Å². The van der Waals surface area contributed by atoms with Crippen molar-refractivity contribution in [2.24, 2.45) is 5.10 Å². The average Bonchev–Trinajstić information content (AvgIpc) is 3.23. The Kier molecular flexibility index (Phi) is 7.30. The molecule has 0 atom stereocenters. The zero-order chi connectivity index (χ0) is 24.1. The van der Waals surface area contributed by atoms with Crippen LogP contribution in [-0.4, -0.2) is 24.6 Å². The minimum atomic E-state index is -0.484. The third kappa shape index (κ3) is 6.03. The molecule has 172 valence electrons. The number of carbonyl (C=O) groups excluding carboxylic acids is 2. The largest absolute Gasteiger partial charge is 0.483 e. The molecule has 0 aliphatic carbocycles. The first kappa shape index (κ1) is 23.5. The number of halogens is 2. The van der Waals surface area contributed by atoms with Gasteiger partial charge in [-0.05, 0) is 83.0 Å². The molecule has 1 heterocycles. The maximum atomic E-state index is 12.3. The first-order valence-corrected chi connectivity index (χ1v) is 11.4. The monoisotopic (exact) mass is 539 g/mol. The lowest BCUT2D eigenvalue weighted by Gasteiger charge is -2.09. The highest BCUT2D eigenvalue weighted by Gasteiger charge is 2.12. The highest BCUT2D eigenvalue weighted by Crippen LogP contribution is 2.26. The minimum absolute atomic E-state index is 0.128. The van der Waals surface area contributed by atoms with Gasteiger partial charge in [-0.25, -0.2) is 5.43 Å². The summed E-state index contributed by atoms with van der Waals surface area (Å²) in [5, 5.41) is 8.03. The zero-order valence-corrected chi connectivity index (χ0v) is 20.3. The second kappa shape index (κ2) is 10.5. The number of amides is 2. The minimum Gasteiger partial charge on any atom is -0.483 e. The normalized spacial score (nSPS) is 11.0. The molecule has 0 radical (unpaired) electrons. The molecule has 7 nitrogen and oxygen atoms in total. The first-order chi connectivity index (χ1) is 16.4. The Morgan fingerprint density at radius 1 is 1.09 bits per heavy atom. The predicted octanol–water partition coefficient (Wildman–Crippen LogP) is 5.94. The number of carbonyl (C=O) groups is 2. The molecule has 34 heavy (non-hydrogen) atoms. The van der Waals surface area contributed by atoms with Crippen LogP contribution in [0.3, 0.4) is 0 Å². The van der Waals surface area contributed by atoms with E-state index in [1.165, 1.54) is 6.21 Å². The topological polar surface area (TPSA) is 92.9 Å². The number of rotatable bonds is 7. The molecule has 0 spiro atoms. The van der Waals surface area contributed by atoms with Gasteiger partial charge in [0.2, 0.25) is 0 Å². The molecule has 3 aromatic carbocycles. The SMILES string of the molecule is Cc1ccc(NC(=O)COc2ccc(/C=N/NC(=O)c3cc4cc(Cl)ccc4o3)cc2Br)cc1. The van der Waals surface area contributed by atoms with Gasteiger partial charge in [0.05, 0.1) is 10.7 Å². The molecule has 4 rings (SSSR count). The highest BCUT2D eigenvalue weighted by atomic mass is 79.9. The Labute approximate surface area is 208 Å². The van der Waals surface area contributed by atoms with Crippen LogP contribution in [0.1, 0.15) is 21.7 Å². The number of hydrogen-bond acceptors (Lipinski definition) is 5. The number of nitrogens with one attached hydrogen (secondary N) is 2. The first-order valence-electron chi connectivity index (χ1n) is 10.2. The molecule has 0 aliphatic rings. The van der Waals surface area contributed by atoms with Crippen LogP contribution in [0.5, 0.6) is 5.75 Å². The smallest absolute Gasteiger partial charge is 0.307 e. The van der Waals surface area contributed by atoms with Crippen LogP contribution in [0, 0.1) is 6.92 Å². The summed E-state index contributed by atoms with van der Waals surface area (Å²) in [6, 6.07) is 19.4. The maximum absolute atomic E-state index is 12.3. The van der Waals surface area contributed by atoms with Crippen molar-refractivity contribution in [2.45, 2.75) is 6.92 Å². The van der Waals surface area contributed by atoms with E-state index in [9.17, 15) is 9.59 Å². The molecule has 2 amide bonds. The average molecular weight is 541 g/mol. The molecule has 0 bridgehead atoms. The fourth-order valence-corrected chi connectivity index (χ4v) is 3.73. The van der Waals surface area contributed by atoms with Gasteiger partial charge in [0.25, 0.3) is 5.91 Å². The molecule has 2 N–H and O–H groups in total. The molecular formula is C25H19BrClN3O4. The Hall–Kier alpha value is -3.62. The third-order valence-corrected chi connectivity index (χ3v) is 5.59. The van der Waals surface area contributed by atoms with Crippen molar-refractivity contribution in [3.8, 4) is 5.75 Å². The number of ether oxygens (including phenoxy) is 1. The van der Waals surface area contributed by atoms with Crippen molar-refractivity contribution in [3.05, 3.63) is 93.1 Å². The summed E-state index contributed by atoms with van der Waals surface area (Å²) in [5.41, 5.74) is 5.52. The fraction of sp³-hybridized carbons (Fsp3) is 0.0800. The lowest BCUT2D eigenvalue weighted by molar-refractivity contribution is -0.118. The van der Waals surface area contributed by atoms with Crippen molar-refractivity contribution in [1.29, 1.82) is 0 Å². The molecule has 4 aromatic rings. The Bertz CT molecular complexity index is 1380. The van der Waals surface area contributed by atoms with Gasteiger partial charge >= 0.3 is 5.91 Å². The van der Waals surface area contributed by atoms with Crippen LogP contribution in [-0.2, 0) is 4.79 Å². The van der Waals surface area contributed by atoms with Crippen molar-refractivity contribution >= 4 is 62.2 Å². The molecule has 9 heteroatoms. The standard InChI is InChI=1S/C25H19BrClN3O4/c1-15-2-6-19(7-3-15)29-24(31)14-33-22-8-4-16(10-20(22)26)13-28-30-25(32)23-12-17-11-18(27)5-9-21(17)34-23/h2-13H,14H2,1H3,(H,29,31)(H,30,32)/b28-13+. The number of anilines is 1. The van der Waals surface area contributed by atoms with Gasteiger partial charge in [0, 0.05) is 16.1 Å². The van der Waals surface area contributed by atoms with Gasteiger partial charge in [-0.3, -0.25) is 9.59 Å². The summed E-state index contributed by atoms with van der Waals surface area (Å²) in [4.78, 5) is 24.4.